The quantitative estimate of drug-likeness (QED) is 0.796. The van der Waals surface area contributed by atoms with Gasteiger partial charge in [0.05, 0.1) is 11.7 Å². The highest BCUT2D eigenvalue weighted by Crippen LogP contribution is 2.30. The normalized spacial score (nSPS) is 11.6. The number of carbonyl (C=O) groups is 1. The van der Waals surface area contributed by atoms with Crippen molar-refractivity contribution in [2.24, 2.45) is 0 Å². The van der Waals surface area contributed by atoms with Gasteiger partial charge in [0.2, 0.25) is 5.91 Å². The van der Waals surface area contributed by atoms with Crippen molar-refractivity contribution in [2.75, 3.05) is 0 Å². The fourth-order valence-corrected chi connectivity index (χ4v) is 3.42. The Balaban J connectivity index is 1.94. The molecule has 1 aromatic carbocycles. The Kier molecular flexibility index (Phi) is 4.24. The van der Waals surface area contributed by atoms with Crippen molar-refractivity contribution >= 4 is 27.5 Å². The minimum absolute atomic E-state index is 0.0322. The molecule has 5 nitrogen and oxygen atoms in total. The lowest BCUT2D eigenvalue weighted by Crippen LogP contribution is -2.43. The Morgan fingerprint density at radius 1 is 1.25 bits per heavy atom. The van der Waals surface area contributed by atoms with Crippen LogP contribution in [0.5, 0.6) is 0 Å². The van der Waals surface area contributed by atoms with Gasteiger partial charge < -0.3 is 5.32 Å². The molecule has 1 N–H and O–H groups in total. The van der Waals surface area contributed by atoms with Gasteiger partial charge in [-0.1, -0.05) is 30.3 Å². The number of carbonyl (C=O) groups excluding carboxylic acids is 1. The smallest absolute Gasteiger partial charge is 0.262 e. The number of hydrogen-bond acceptors (Lipinski definition) is 4. The number of fused-ring (bicyclic) bond motifs is 1. The standard InChI is InChI=1S/C18H19N3O2S/c1-18(2,3)20-15(22)10-21-11-19-16-13(17(21)23)9-14(24-16)12-7-5-4-6-8-12/h4-9,11H,10H2,1-3H3,(H,20,22). The molecule has 0 unspecified atom stereocenters. The average molecular weight is 341 g/mol. The molecule has 0 fully saturated rings. The summed E-state index contributed by atoms with van der Waals surface area (Å²) >= 11 is 1.48. The van der Waals surface area contributed by atoms with E-state index in [0.717, 1.165) is 10.4 Å². The third kappa shape index (κ3) is 3.54. The summed E-state index contributed by atoms with van der Waals surface area (Å²) in [5.74, 6) is -0.204. The number of benzene rings is 1. The summed E-state index contributed by atoms with van der Waals surface area (Å²) in [4.78, 5) is 30.7. The van der Waals surface area contributed by atoms with Crippen molar-refractivity contribution in [3.05, 3.63) is 53.1 Å². The van der Waals surface area contributed by atoms with Crippen LogP contribution in [0.1, 0.15) is 20.8 Å². The molecule has 0 bridgehead atoms. The number of rotatable bonds is 3. The van der Waals surface area contributed by atoms with Crippen molar-refractivity contribution in [3.63, 3.8) is 0 Å². The second-order valence-electron chi connectivity index (χ2n) is 6.67. The molecular weight excluding hydrogens is 322 g/mol. The molecule has 3 aromatic rings. The molecule has 0 saturated heterocycles. The van der Waals surface area contributed by atoms with Gasteiger partial charge in [-0.3, -0.25) is 14.2 Å². The van der Waals surface area contributed by atoms with Gasteiger partial charge in [0.15, 0.2) is 0 Å². The summed E-state index contributed by atoms with van der Waals surface area (Å²) in [5, 5.41) is 3.40. The highest BCUT2D eigenvalue weighted by molar-refractivity contribution is 7.21. The van der Waals surface area contributed by atoms with E-state index in [1.165, 1.54) is 22.2 Å². The average Bonchev–Trinajstić information content (AvgIpc) is 2.94. The SMILES string of the molecule is CC(C)(C)NC(=O)Cn1cnc2sc(-c3ccccc3)cc2c1=O. The van der Waals surface area contributed by atoms with Gasteiger partial charge in [-0.2, -0.15) is 0 Å². The highest BCUT2D eigenvalue weighted by atomic mass is 32.1. The summed E-state index contributed by atoms with van der Waals surface area (Å²) in [7, 11) is 0. The van der Waals surface area contributed by atoms with Crippen LogP contribution in [0, 0.1) is 0 Å². The summed E-state index contributed by atoms with van der Waals surface area (Å²) in [6.45, 7) is 5.68. The van der Waals surface area contributed by atoms with E-state index in [4.69, 9.17) is 0 Å². The maximum absolute atomic E-state index is 12.6. The van der Waals surface area contributed by atoms with Crippen LogP contribution in [0.15, 0.2) is 47.5 Å². The van der Waals surface area contributed by atoms with Gasteiger partial charge in [-0.25, -0.2) is 4.98 Å². The molecular formula is C18H19N3O2S. The molecule has 124 valence electrons. The number of amides is 1. The number of aromatic nitrogens is 2. The van der Waals surface area contributed by atoms with Crippen molar-refractivity contribution in [1.82, 2.24) is 14.9 Å². The predicted octanol–water partition coefficient (Wildman–Crippen LogP) is 3.04. The number of thiophene rings is 1. The lowest BCUT2D eigenvalue weighted by atomic mass is 10.1. The van der Waals surface area contributed by atoms with E-state index >= 15 is 0 Å². The van der Waals surface area contributed by atoms with Gasteiger partial charge in [-0.15, -0.1) is 11.3 Å². The maximum atomic E-state index is 12.6. The Morgan fingerprint density at radius 2 is 1.96 bits per heavy atom. The van der Waals surface area contributed by atoms with E-state index in [0.29, 0.717) is 10.2 Å². The number of nitrogens with zero attached hydrogens (tertiary/aromatic N) is 2. The summed E-state index contributed by atoms with van der Waals surface area (Å²) < 4.78 is 1.35. The van der Waals surface area contributed by atoms with Crippen LogP contribution in [0.2, 0.25) is 0 Å². The minimum Gasteiger partial charge on any atom is -0.350 e. The second kappa shape index (κ2) is 6.20. The zero-order valence-electron chi connectivity index (χ0n) is 13.9. The summed E-state index contributed by atoms with van der Waals surface area (Å²) in [6, 6.07) is 11.7. The Labute approximate surface area is 144 Å². The molecule has 0 atom stereocenters. The van der Waals surface area contributed by atoms with Gasteiger partial charge in [0.1, 0.15) is 11.4 Å². The monoisotopic (exact) mass is 341 g/mol. The maximum Gasteiger partial charge on any atom is 0.262 e. The molecule has 0 aliphatic heterocycles. The molecule has 0 aliphatic carbocycles. The first kappa shape index (κ1) is 16.4. The zero-order chi connectivity index (χ0) is 17.3. The Morgan fingerprint density at radius 3 is 2.62 bits per heavy atom. The molecule has 6 heteroatoms. The zero-order valence-corrected chi connectivity index (χ0v) is 14.7. The lowest BCUT2D eigenvalue weighted by Gasteiger charge is -2.20. The topological polar surface area (TPSA) is 64.0 Å². The third-order valence-electron chi connectivity index (χ3n) is 3.40. The summed E-state index contributed by atoms with van der Waals surface area (Å²) in [6.07, 6.45) is 1.44. The Hall–Kier alpha value is -2.47. The predicted molar refractivity (Wildman–Crippen MR) is 97.2 cm³/mol. The lowest BCUT2D eigenvalue weighted by molar-refractivity contribution is -0.123. The molecule has 3 rings (SSSR count). The molecule has 0 saturated carbocycles. The van der Waals surface area contributed by atoms with Crippen LogP contribution in [0.4, 0.5) is 0 Å². The van der Waals surface area contributed by atoms with E-state index in [9.17, 15) is 9.59 Å². The first-order valence-corrected chi connectivity index (χ1v) is 8.50. The van der Waals surface area contributed by atoms with E-state index in [-0.39, 0.29) is 23.6 Å². The fourth-order valence-electron chi connectivity index (χ4n) is 2.43. The number of hydrogen-bond donors (Lipinski definition) is 1. The van der Waals surface area contributed by atoms with Crippen LogP contribution in [-0.4, -0.2) is 21.0 Å². The van der Waals surface area contributed by atoms with Crippen LogP contribution < -0.4 is 10.9 Å². The highest BCUT2D eigenvalue weighted by Gasteiger charge is 2.16. The summed E-state index contributed by atoms with van der Waals surface area (Å²) in [5.41, 5.74) is 0.528. The van der Waals surface area contributed by atoms with Crippen LogP contribution >= 0.6 is 11.3 Å². The number of nitrogens with one attached hydrogen (secondary N) is 1. The van der Waals surface area contributed by atoms with Crippen molar-refractivity contribution in [2.45, 2.75) is 32.9 Å². The van der Waals surface area contributed by atoms with Gasteiger partial charge in [0.25, 0.3) is 5.56 Å². The third-order valence-corrected chi connectivity index (χ3v) is 4.50. The van der Waals surface area contributed by atoms with E-state index in [1.807, 2.05) is 57.2 Å². The van der Waals surface area contributed by atoms with E-state index < -0.39 is 0 Å². The minimum atomic E-state index is -0.332. The van der Waals surface area contributed by atoms with Crippen LogP contribution in [0.25, 0.3) is 20.7 Å². The van der Waals surface area contributed by atoms with Crippen LogP contribution in [-0.2, 0) is 11.3 Å². The van der Waals surface area contributed by atoms with Crippen molar-refractivity contribution < 1.29 is 4.79 Å². The molecule has 0 aliphatic rings. The van der Waals surface area contributed by atoms with Crippen molar-refractivity contribution in [3.8, 4) is 10.4 Å². The first-order valence-electron chi connectivity index (χ1n) is 7.69. The van der Waals surface area contributed by atoms with Crippen molar-refractivity contribution in [1.29, 1.82) is 0 Å². The molecule has 1 amide bonds. The molecule has 2 heterocycles. The van der Waals surface area contributed by atoms with Gasteiger partial charge in [0, 0.05) is 10.4 Å². The largest absolute Gasteiger partial charge is 0.350 e. The van der Waals surface area contributed by atoms with E-state index in [1.54, 1.807) is 0 Å². The second-order valence-corrected chi connectivity index (χ2v) is 7.70. The van der Waals surface area contributed by atoms with E-state index in [2.05, 4.69) is 10.3 Å². The molecule has 0 spiro atoms. The van der Waals surface area contributed by atoms with Gasteiger partial charge >= 0.3 is 0 Å². The first-order chi connectivity index (χ1) is 11.3. The fraction of sp³-hybridized carbons (Fsp3) is 0.278. The van der Waals surface area contributed by atoms with Crippen LogP contribution in [0.3, 0.4) is 0 Å². The van der Waals surface area contributed by atoms with Gasteiger partial charge in [-0.05, 0) is 32.4 Å². The Bertz CT molecular complexity index is 936. The molecule has 0 radical (unpaired) electrons. The molecule has 24 heavy (non-hydrogen) atoms. The molecule has 2 aromatic heterocycles.